The molecule has 0 aromatic rings. The number of hydrogen-bond acceptors (Lipinski definition) is 2. The lowest BCUT2D eigenvalue weighted by Gasteiger charge is -1.93. The van der Waals surface area contributed by atoms with E-state index >= 15 is 0 Å². The van der Waals surface area contributed by atoms with Gasteiger partial charge in [0.25, 0.3) is 0 Å². The van der Waals surface area contributed by atoms with Crippen molar-refractivity contribution in [3.8, 4) is 0 Å². The quantitative estimate of drug-likeness (QED) is 0.452. The van der Waals surface area contributed by atoms with E-state index in [0.29, 0.717) is 12.5 Å². The molecular weight excluding hydrogens is 152 g/mol. The minimum atomic E-state index is 0.248. The van der Waals surface area contributed by atoms with E-state index in [1.165, 1.54) is 19.3 Å². The van der Waals surface area contributed by atoms with Gasteiger partial charge in [-0.15, -0.1) is 0 Å². The highest BCUT2D eigenvalue weighted by atomic mass is 16.6. The summed E-state index contributed by atoms with van der Waals surface area (Å²) in [6, 6.07) is 0. The van der Waals surface area contributed by atoms with E-state index < -0.39 is 0 Å². The lowest BCUT2D eigenvalue weighted by atomic mass is 10.1. The molecule has 0 aliphatic carbocycles. The van der Waals surface area contributed by atoms with Crippen LogP contribution in [0.2, 0.25) is 0 Å². The first-order valence-electron chi connectivity index (χ1n) is 4.89. The van der Waals surface area contributed by atoms with E-state index in [9.17, 15) is 4.79 Å². The fraction of sp³-hybridized carbons (Fsp3) is 0.900. The second-order valence-corrected chi connectivity index (χ2v) is 3.61. The highest BCUT2D eigenvalue weighted by Crippen LogP contribution is 2.29. The predicted molar refractivity (Wildman–Crippen MR) is 48.1 cm³/mol. The van der Waals surface area contributed by atoms with Crippen LogP contribution in [-0.2, 0) is 9.53 Å². The molecule has 2 heteroatoms. The van der Waals surface area contributed by atoms with Crippen LogP contribution in [0.3, 0.4) is 0 Å². The van der Waals surface area contributed by atoms with Crippen molar-refractivity contribution in [1.29, 1.82) is 0 Å². The first kappa shape index (κ1) is 9.72. The van der Waals surface area contributed by atoms with Crippen LogP contribution in [0.5, 0.6) is 0 Å². The highest BCUT2D eigenvalue weighted by Gasteiger charge is 2.38. The lowest BCUT2D eigenvalue weighted by molar-refractivity contribution is -0.117. The number of epoxide rings is 1. The topological polar surface area (TPSA) is 29.6 Å². The van der Waals surface area contributed by atoms with Crippen molar-refractivity contribution in [1.82, 2.24) is 0 Å². The summed E-state index contributed by atoms with van der Waals surface area (Å²) in [5.41, 5.74) is 0. The molecule has 2 nitrogen and oxygen atoms in total. The third-order valence-corrected chi connectivity index (χ3v) is 2.27. The Bertz CT molecular complexity index is 154. The molecule has 1 heterocycles. The van der Waals surface area contributed by atoms with E-state index in [1.54, 1.807) is 6.92 Å². The molecule has 70 valence electrons. The summed E-state index contributed by atoms with van der Waals surface area (Å²) in [7, 11) is 0. The average Bonchev–Trinajstić information content (AvgIpc) is 2.67. The number of hydrogen-bond donors (Lipinski definition) is 0. The third-order valence-electron chi connectivity index (χ3n) is 2.27. The summed E-state index contributed by atoms with van der Waals surface area (Å²) in [5, 5.41) is 0. The van der Waals surface area contributed by atoms with Crippen LogP contribution < -0.4 is 0 Å². The molecule has 0 bridgehead atoms. The molecule has 0 radical (unpaired) electrons. The Morgan fingerprint density at radius 2 is 2.08 bits per heavy atom. The number of carbonyl (C=O) groups excluding carboxylic acids is 1. The maximum atomic E-state index is 10.7. The van der Waals surface area contributed by atoms with Crippen LogP contribution >= 0.6 is 0 Å². The number of rotatable bonds is 6. The zero-order valence-corrected chi connectivity index (χ0v) is 8.01. The van der Waals surface area contributed by atoms with E-state index in [4.69, 9.17) is 4.74 Å². The summed E-state index contributed by atoms with van der Waals surface area (Å²) in [6.45, 7) is 3.82. The van der Waals surface area contributed by atoms with Gasteiger partial charge in [-0.05, 0) is 13.3 Å². The number of ether oxygens (including phenoxy) is 1. The molecule has 1 saturated heterocycles. The molecule has 0 aromatic heterocycles. The van der Waals surface area contributed by atoms with Crippen LogP contribution in [-0.4, -0.2) is 18.0 Å². The van der Waals surface area contributed by atoms with Gasteiger partial charge in [-0.2, -0.15) is 0 Å². The highest BCUT2D eigenvalue weighted by molar-refractivity contribution is 5.76. The van der Waals surface area contributed by atoms with Crippen LogP contribution in [0.1, 0.15) is 46.0 Å². The Balaban J connectivity index is 1.97. The fourth-order valence-electron chi connectivity index (χ4n) is 1.49. The van der Waals surface area contributed by atoms with Crippen molar-refractivity contribution >= 4 is 5.78 Å². The molecule has 1 rings (SSSR count). The first-order valence-corrected chi connectivity index (χ1v) is 4.89. The Morgan fingerprint density at radius 3 is 2.67 bits per heavy atom. The smallest absolute Gasteiger partial charge is 0.132 e. The molecule has 1 fully saturated rings. The third kappa shape index (κ3) is 3.35. The van der Waals surface area contributed by atoms with Crippen LogP contribution in [0, 0.1) is 0 Å². The summed E-state index contributed by atoms with van der Waals surface area (Å²) in [6.07, 6.45) is 6.22. The Kier molecular flexibility index (Phi) is 3.73. The minimum Gasteiger partial charge on any atom is -0.369 e. The number of carbonyl (C=O) groups is 1. The van der Waals surface area contributed by atoms with Crippen molar-refractivity contribution in [2.75, 3.05) is 0 Å². The van der Waals surface area contributed by atoms with Crippen molar-refractivity contribution in [2.24, 2.45) is 0 Å². The molecule has 1 aliphatic rings. The normalized spacial score (nSPS) is 27.2. The van der Waals surface area contributed by atoms with Crippen molar-refractivity contribution in [3.63, 3.8) is 0 Å². The maximum Gasteiger partial charge on any atom is 0.132 e. The van der Waals surface area contributed by atoms with Gasteiger partial charge in [0.05, 0.1) is 12.2 Å². The van der Waals surface area contributed by atoms with Gasteiger partial charge >= 0.3 is 0 Å². The van der Waals surface area contributed by atoms with Gasteiger partial charge in [0.15, 0.2) is 0 Å². The van der Waals surface area contributed by atoms with Crippen molar-refractivity contribution in [2.45, 2.75) is 58.2 Å². The van der Waals surface area contributed by atoms with E-state index in [-0.39, 0.29) is 11.9 Å². The SMILES string of the molecule is CCCCCC1OC1CC(C)=O. The summed E-state index contributed by atoms with van der Waals surface area (Å²) < 4.78 is 5.35. The summed E-state index contributed by atoms with van der Waals surface area (Å²) in [5.74, 6) is 0.248. The molecule has 1 aliphatic heterocycles. The molecule has 2 atom stereocenters. The van der Waals surface area contributed by atoms with Gasteiger partial charge in [-0.3, -0.25) is 4.79 Å². The molecule has 12 heavy (non-hydrogen) atoms. The van der Waals surface area contributed by atoms with Crippen molar-refractivity contribution < 1.29 is 9.53 Å². The summed E-state index contributed by atoms with van der Waals surface area (Å²) in [4.78, 5) is 10.7. The first-order chi connectivity index (χ1) is 5.74. The molecule has 0 spiro atoms. The van der Waals surface area contributed by atoms with Gasteiger partial charge in [-0.25, -0.2) is 0 Å². The zero-order chi connectivity index (χ0) is 8.97. The number of ketones is 1. The number of unbranched alkanes of at least 4 members (excludes halogenated alkanes) is 2. The summed E-state index contributed by atoms with van der Waals surface area (Å²) >= 11 is 0. The second-order valence-electron chi connectivity index (χ2n) is 3.61. The molecule has 2 unspecified atom stereocenters. The predicted octanol–water partition coefficient (Wildman–Crippen LogP) is 2.31. The average molecular weight is 170 g/mol. The lowest BCUT2D eigenvalue weighted by Crippen LogP contribution is -2.00. The minimum absolute atomic E-state index is 0.248. The fourth-order valence-corrected chi connectivity index (χ4v) is 1.49. The van der Waals surface area contributed by atoms with E-state index in [0.717, 1.165) is 6.42 Å². The van der Waals surface area contributed by atoms with Crippen LogP contribution in [0.25, 0.3) is 0 Å². The monoisotopic (exact) mass is 170 g/mol. The molecule has 0 amide bonds. The molecule has 0 N–H and O–H groups in total. The molecular formula is C10H18O2. The van der Waals surface area contributed by atoms with Gasteiger partial charge in [-0.1, -0.05) is 26.2 Å². The largest absolute Gasteiger partial charge is 0.369 e. The Morgan fingerprint density at radius 1 is 1.33 bits per heavy atom. The zero-order valence-electron chi connectivity index (χ0n) is 8.01. The Labute approximate surface area is 74.3 Å². The van der Waals surface area contributed by atoms with E-state index in [1.807, 2.05) is 0 Å². The van der Waals surface area contributed by atoms with Gasteiger partial charge in [0.1, 0.15) is 5.78 Å². The van der Waals surface area contributed by atoms with Crippen LogP contribution in [0.15, 0.2) is 0 Å². The van der Waals surface area contributed by atoms with Gasteiger partial charge < -0.3 is 4.74 Å². The standard InChI is InChI=1S/C10H18O2/c1-3-4-5-6-9-10(12-9)7-8(2)11/h9-10H,3-7H2,1-2H3. The number of Topliss-reactive ketones (excluding diaryl/α,β-unsaturated/α-hetero) is 1. The molecule has 0 saturated carbocycles. The van der Waals surface area contributed by atoms with Crippen LogP contribution in [0.4, 0.5) is 0 Å². The Hall–Kier alpha value is -0.370. The van der Waals surface area contributed by atoms with Gasteiger partial charge in [0, 0.05) is 6.42 Å². The maximum absolute atomic E-state index is 10.7. The second kappa shape index (κ2) is 4.61. The molecule has 0 aromatic carbocycles. The van der Waals surface area contributed by atoms with E-state index in [2.05, 4.69) is 6.92 Å². The van der Waals surface area contributed by atoms with Gasteiger partial charge in [0.2, 0.25) is 0 Å². The van der Waals surface area contributed by atoms with Crippen molar-refractivity contribution in [3.05, 3.63) is 0 Å².